The maximum Gasteiger partial charge on any atom is 0.348 e. The summed E-state index contributed by atoms with van der Waals surface area (Å²) < 4.78 is 5.50. The molecule has 0 saturated carbocycles. The lowest BCUT2D eigenvalue weighted by atomic mass is 10.1. The number of benzene rings is 2. The van der Waals surface area contributed by atoms with Crippen molar-refractivity contribution in [2.24, 2.45) is 5.73 Å². The molecule has 0 atom stereocenters. The van der Waals surface area contributed by atoms with Crippen molar-refractivity contribution in [1.29, 1.82) is 0 Å². The van der Waals surface area contributed by atoms with Gasteiger partial charge in [-0.3, -0.25) is 4.79 Å². The monoisotopic (exact) mass is 432 g/mol. The van der Waals surface area contributed by atoms with Gasteiger partial charge in [0.25, 0.3) is 0 Å². The smallest absolute Gasteiger partial charge is 0.348 e. The number of ether oxygens (including phenoxy) is 1. The van der Waals surface area contributed by atoms with Crippen LogP contribution in [0, 0.1) is 6.92 Å². The number of nitrogens with two attached hydrogens (primary N) is 1. The third-order valence-electron chi connectivity index (χ3n) is 4.81. The van der Waals surface area contributed by atoms with Gasteiger partial charge in [0.2, 0.25) is 5.91 Å². The van der Waals surface area contributed by atoms with E-state index < -0.39 is 5.91 Å². The molecule has 1 amide bonds. The Bertz CT molecular complexity index is 1240. The molecular weight excluding hydrogens is 412 g/mol. The summed E-state index contributed by atoms with van der Waals surface area (Å²) in [4.78, 5) is 33.8. The van der Waals surface area contributed by atoms with Crippen molar-refractivity contribution in [1.82, 2.24) is 9.97 Å². The van der Waals surface area contributed by atoms with E-state index in [1.807, 2.05) is 37.3 Å². The Hall–Kier alpha value is -3.78. The van der Waals surface area contributed by atoms with Crippen LogP contribution >= 0.6 is 11.3 Å². The molecule has 0 spiro atoms. The quantitative estimate of drug-likeness (QED) is 0.423. The predicted molar refractivity (Wildman–Crippen MR) is 121 cm³/mol. The number of carbonyl (C=O) groups excluding carboxylic acids is 2. The fourth-order valence-corrected chi connectivity index (χ4v) is 4.23. The Labute approximate surface area is 182 Å². The van der Waals surface area contributed by atoms with E-state index in [9.17, 15) is 9.59 Å². The van der Waals surface area contributed by atoms with Crippen LogP contribution in [0.25, 0.3) is 10.2 Å². The van der Waals surface area contributed by atoms with Gasteiger partial charge >= 0.3 is 5.97 Å². The van der Waals surface area contributed by atoms with Crippen LogP contribution in [0.5, 0.6) is 0 Å². The van der Waals surface area contributed by atoms with E-state index in [0.29, 0.717) is 34.1 Å². The molecule has 0 unspecified atom stereocenters. The highest BCUT2D eigenvalue weighted by Gasteiger charge is 2.20. The number of anilines is 2. The number of aromatic nitrogens is 2. The topological polar surface area (TPSA) is 107 Å². The number of nitrogens with one attached hydrogen (secondary N) is 1. The van der Waals surface area contributed by atoms with Crippen molar-refractivity contribution >= 4 is 44.9 Å². The number of fused-ring (bicyclic) bond motifs is 1. The first-order chi connectivity index (χ1) is 15.0. The Morgan fingerprint density at radius 1 is 1.06 bits per heavy atom. The first kappa shape index (κ1) is 20.5. The molecule has 4 aromatic rings. The molecular formula is C23H20N4O3S. The molecule has 0 radical (unpaired) electrons. The molecule has 2 heterocycles. The van der Waals surface area contributed by atoms with Crippen LogP contribution in [0.1, 0.15) is 31.2 Å². The Balaban J connectivity index is 1.53. The van der Waals surface area contributed by atoms with Gasteiger partial charge in [-0.25, -0.2) is 14.8 Å². The lowest BCUT2D eigenvalue weighted by molar-refractivity contribution is 0.0514. The SMILES string of the molecule is Cc1c(C(=O)OCCc2ccccc2)sc2ncnc(Nc3ccc(C(N)=O)cc3)c12. The molecule has 0 aliphatic rings. The Morgan fingerprint density at radius 3 is 2.52 bits per heavy atom. The van der Waals surface area contributed by atoms with Crippen molar-refractivity contribution < 1.29 is 14.3 Å². The minimum Gasteiger partial charge on any atom is -0.461 e. The molecule has 2 aromatic carbocycles. The average molecular weight is 433 g/mol. The zero-order chi connectivity index (χ0) is 21.8. The fourth-order valence-electron chi connectivity index (χ4n) is 3.19. The van der Waals surface area contributed by atoms with Gasteiger partial charge in [0.05, 0.1) is 12.0 Å². The number of nitrogens with zero attached hydrogens (tertiary/aromatic N) is 2. The van der Waals surface area contributed by atoms with Gasteiger partial charge in [-0.15, -0.1) is 11.3 Å². The van der Waals surface area contributed by atoms with Crippen molar-refractivity contribution in [3.05, 3.63) is 82.5 Å². The molecule has 0 aliphatic carbocycles. The number of thiophene rings is 1. The summed E-state index contributed by atoms with van der Waals surface area (Å²) in [6.45, 7) is 2.16. The molecule has 0 bridgehead atoms. The summed E-state index contributed by atoms with van der Waals surface area (Å²) in [5, 5.41) is 3.99. The largest absolute Gasteiger partial charge is 0.461 e. The minimum atomic E-state index is -0.486. The van der Waals surface area contributed by atoms with E-state index in [0.717, 1.165) is 22.2 Å². The fraction of sp³-hybridized carbons (Fsp3) is 0.130. The van der Waals surface area contributed by atoms with Gasteiger partial charge in [-0.1, -0.05) is 30.3 Å². The predicted octanol–water partition coefficient (Wildman–Crippen LogP) is 4.24. The van der Waals surface area contributed by atoms with Crippen molar-refractivity contribution in [3.8, 4) is 0 Å². The second-order valence-electron chi connectivity index (χ2n) is 6.90. The summed E-state index contributed by atoms with van der Waals surface area (Å²) in [5.41, 5.74) is 8.33. The van der Waals surface area contributed by atoms with Crippen LogP contribution in [0.2, 0.25) is 0 Å². The second kappa shape index (κ2) is 8.93. The molecule has 3 N–H and O–H groups in total. The van der Waals surface area contributed by atoms with E-state index in [-0.39, 0.29) is 5.97 Å². The summed E-state index contributed by atoms with van der Waals surface area (Å²) >= 11 is 1.28. The van der Waals surface area contributed by atoms with Gasteiger partial charge < -0.3 is 15.8 Å². The van der Waals surface area contributed by atoms with Gasteiger partial charge in [0, 0.05) is 17.7 Å². The minimum absolute atomic E-state index is 0.305. The lowest BCUT2D eigenvalue weighted by Gasteiger charge is -2.08. The number of amides is 1. The van der Waals surface area contributed by atoms with Crippen molar-refractivity contribution in [3.63, 3.8) is 0 Å². The molecule has 4 rings (SSSR count). The summed E-state index contributed by atoms with van der Waals surface area (Å²) in [6, 6.07) is 16.6. The van der Waals surface area contributed by atoms with Crippen LogP contribution in [0.4, 0.5) is 11.5 Å². The van der Waals surface area contributed by atoms with Crippen molar-refractivity contribution in [2.75, 3.05) is 11.9 Å². The zero-order valence-electron chi connectivity index (χ0n) is 16.8. The lowest BCUT2D eigenvalue weighted by Crippen LogP contribution is -2.10. The first-order valence-corrected chi connectivity index (χ1v) is 10.5. The number of carbonyl (C=O) groups is 2. The number of rotatable bonds is 7. The number of esters is 1. The number of hydrogen-bond donors (Lipinski definition) is 2. The molecule has 0 fully saturated rings. The molecule has 8 heteroatoms. The van der Waals surface area contributed by atoms with Gasteiger partial charge in [-0.05, 0) is 42.3 Å². The number of hydrogen-bond acceptors (Lipinski definition) is 7. The Kier molecular flexibility index (Phi) is 5.90. The maximum absolute atomic E-state index is 12.7. The first-order valence-electron chi connectivity index (χ1n) is 9.65. The number of aryl methyl sites for hydroxylation is 1. The summed E-state index contributed by atoms with van der Waals surface area (Å²) in [5.74, 6) is -0.276. The van der Waals surface area contributed by atoms with Crippen LogP contribution in [0.15, 0.2) is 60.9 Å². The summed E-state index contributed by atoms with van der Waals surface area (Å²) in [7, 11) is 0. The third kappa shape index (κ3) is 4.54. The van der Waals surface area contributed by atoms with E-state index in [1.165, 1.54) is 17.7 Å². The highest BCUT2D eigenvalue weighted by atomic mass is 32.1. The highest BCUT2D eigenvalue weighted by Crippen LogP contribution is 2.34. The second-order valence-corrected chi connectivity index (χ2v) is 7.90. The maximum atomic E-state index is 12.7. The zero-order valence-corrected chi connectivity index (χ0v) is 17.6. The normalized spacial score (nSPS) is 10.7. The van der Waals surface area contributed by atoms with Crippen LogP contribution < -0.4 is 11.1 Å². The van der Waals surface area contributed by atoms with Gasteiger partial charge in [-0.2, -0.15) is 0 Å². The standard InChI is InChI=1S/C23H20N4O3S/c1-14-18-21(27-17-9-7-16(8-10-17)20(24)28)25-13-26-22(18)31-19(14)23(29)30-12-11-15-5-3-2-4-6-15/h2-10,13H,11-12H2,1H3,(H2,24,28)(H,25,26,27). The van der Waals surface area contributed by atoms with E-state index in [4.69, 9.17) is 10.5 Å². The third-order valence-corrected chi connectivity index (χ3v) is 5.99. The van der Waals surface area contributed by atoms with Gasteiger partial charge in [0.1, 0.15) is 21.9 Å². The van der Waals surface area contributed by atoms with Crippen LogP contribution in [0.3, 0.4) is 0 Å². The van der Waals surface area contributed by atoms with Crippen molar-refractivity contribution in [2.45, 2.75) is 13.3 Å². The van der Waals surface area contributed by atoms with E-state index in [2.05, 4.69) is 15.3 Å². The number of primary amides is 1. The van der Waals surface area contributed by atoms with E-state index in [1.54, 1.807) is 24.3 Å². The highest BCUT2D eigenvalue weighted by molar-refractivity contribution is 7.20. The average Bonchev–Trinajstić information content (AvgIpc) is 3.12. The molecule has 2 aromatic heterocycles. The molecule has 0 saturated heterocycles. The van der Waals surface area contributed by atoms with Gasteiger partial charge in [0.15, 0.2) is 0 Å². The molecule has 7 nitrogen and oxygen atoms in total. The van der Waals surface area contributed by atoms with Crippen LogP contribution in [-0.4, -0.2) is 28.5 Å². The molecule has 31 heavy (non-hydrogen) atoms. The molecule has 0 aliphatic heterocycles. The van der Waals surface area contributed by atoms with Crippen LogP contribution in [-0.2, 0) is 11.2 Å². The molecule has 156 valence electrons. The Morgan fingerprint density at radius 2 is 1.81 bits per heavy atom. The summed E-state index contributed by atoms with van der Waals surface area (Å²) in [6.07, 6.45) is 2.10. The van der Waals surface area contributed by atoms with E-state index >= 15 is 0 Å².